The average molecular weight is 281 g/mol. The number of nitrogens with zero attached hydrogens (tertiary/aromatic N) is 1. The van der Waals surface area contributed by atoms with Crippen LogP contribution in [-0.2, 0) is 4.79 Å². The van der Waals surface area contributed by atoms with Crippen LogP contribution in [0.1, 0.15) is 12.8 Å². The van der Waals surface area contributed by atoms with Crippen LogP contribution in [0.25, 0.3) is 0 Å². The predicted octanol–water partition coefficient (Wildman–Crippen LogP) is 0.274. The van der Waals surface area contributed by atoms with E-state index in [2.05, 4.69) is 5.32 Å². The first kappa shape index (κ1) is 16.4. The molecule has 0 spiro atoms. The molecule has 6 nitrogen and oxygen atoms in total. The van der Waals surface area contributed by atoms with E-state index < -0.39 is 0 Å². The van der Waals surface area contributed by atoms with Crippen molar-refractivity contribution in [3.63, 3.8) is 0 Å². The lowest BCUT2D eigenvalue weighted by atomic mass is 10.2. The summed E-state index contributed by atoms with van der Waals surface area (Å²) >= 11 is 0. The van der Waals surface area contributed by atoms with Crippen molar-refractivity contribution >= 4 is 17.3 Å². The van der Waals surface area contributed by atoms with Crippen LogP contribution in [0.5, 0.6) is 0 Å². The number of aliphatic hydroxyl groups excluding tert-OH is 2. The molecule has 1 rings (SSSR count). The van der Waals surface area contributed by atoms with Gasteiger partial charge in [-0.2, -0.15) is 0 Å². The Labute approximate surface area is 119 Å². The van der Waals surface area contributed by atoms with Gasteiger partial charge in [0, 0.05) is 30.9 Å². The highest BCUT2D eigenvalue weighted by molar-refractivity contribution is 5.90. The summed E-state index contributed by atoms with van der Waals surface area (Å²) in [5.74, 6) is -0.0530. The third-order valence-corrected chi connectivity index (χ3v) is 2.91. The highest BCUT2D eigenvalue weighted by Gasteiger charge is 2.06. The van der Waals surface area contributed by atoms with Gasteiger partial charge in [-0.25, -0.2) is 0 Å². The molecule has 0 atom stereocenters. The van der Waals surface area contributed by atoms with Gasteiger partial charge < -0.3 is 21.3 Å². The van der Waals surface area contributed by atoms with Crippen LogP contribution in [0.15, 0.2) is 24.3 Å². The van der Waals surface area contributed by atoms with Crippen molar-refractivity contribution in [3.05, 3.63) is 24.3 Å². The molecule has 0 aliphatic carbocycles. The molecule has 5 N–H and O–H groups in total. The summed E-state index contributed by atoms with van der Waals surface area (Å²) in [5, 5.41) is 20.5. The minimum atomic E-state index is -0.0530. The third-order valence-electron chi connectivity index (χ3n) is 2.91. The number of carbonyl (C=O) groups is 1. The molecule has 6 heteroatoms. The molecule has 0 radical (unpaired) electrons. The SMILES string of the molecule is Nc1ccc(NC(=O)CCCN(CCO)CCO)cc1. The lowest BCUT2D eigenvalue weighted by Crippen LogP contribution is -2.31. The van der Waals surface area contributed by atoms with E-state index in [1.54, 1.807) is 24.3 Å². The Morgan fingerprint density at radius 2 is 1.70 bits per heavy atom. The zero-order chi connectivity index (χ0) is 14.8. The van der Waals surface area contributed by atoms with E-state index in [1.807, 2.05) is 4.90 Å². The third kappa shape index (κ3) is 6.51. The van der Waals surface area contributed by atoms with Crippen LogP contribution >= 0.6 is 0 Å². The fourth-order valence-corrected chi connectivity index (χ4v) is 1.87. The Bertz CT molecular complexity index is 389. The van der Waals surface area contributed by atoms with E-state index >= 15 is 0 Å². The minimum Gasteiger partial charge on any atom is -0.399 e. The van der Waals surface area contributed by atoms with Crippen molar-refractivity contribution in [2.45, 2.75) is 12.8 Å². The number of nitrogen functional groups attached to an aromatic ring is 1. The fourth-order valence-electron chi connectivity index (χ4n) is 1.87. The topological polar surface area (TPSA) is 98.8 Å². The Kier molecular flexibility index (Phi) is 7.64. The number of amides is 1. The number of nitrogens with two attached hydrogens (primary N) is 1. The van der Waals surface area contributed by atoms with Crippen molar-refractivity contribution in [2.75, 3.05) is 43.9 Å². The fraction of sp³-hybridized carbons (Fsp3) is 0.500. The van der Waals surface area contributed by atoms with E-state index in [9.17, 15) is 4.79 Å². The monoisotopic (exact) mass is 281 g/mol. The number of anilines is 2. The Balaban J connectivity index is 2.26. The molecule has 0 aliphatic heterocycles. The summed E-state index contributed by atoms with van der Waals surface area (Å²) in [6.07, 6.45) is 1.08. The summed E-state index contributed by atoms with van der Waals surface area (Å²) in [5.41, 5.74) is 6.96. The zero-order valence-electron chi connectivity index (χ0n) is 11.6. The molecule has 1 aromatic carbocycles. The van der Waals surface area contributed by atoms with Gasteiger partial charge in [0.25, 0.3) is 0 Å². The van der Waals surface area contributed by atoms with Gasteiger partial charge in [-0.15, -0.1) is 0 Å². The second-order valence-electron chi connectivity index (χ2n) is 4.56. The standard InChI is InChI=1S/C14H23N3O3/c15-12-3-5-13(6-4-12)16-14(20)2-1-7-17(8-10-18)9-11-19/h3-6,18-19H,1-2,7-11,15H2,(H,16,20). The van der Waals surface area contributed by atoms with Crippen molar-refractivity contribution in [1.82, 2.24) is 4.90 Å². The maximum atomic E-state index is 11.7. The maximum Gasteiger partial charge on any atom is 0.224 e. The van der Waals surface area contributed by atoms with Crippen molar-refractivity contribution in [3.8, 4) is 0 Å². The molecule has 0 unspecified atom stereocenters. The van der Waals surface area contributed by atoms with Crippen LogP contribution in [0.2, 0.25) is 0 Å². The highest BCUT2D eigenvalue weighted by Crippen LogP contribution is 2.11. The second kappa shape index (κ2) is 9.30. The molecule has 0 fully saturated rings. The lowest BCUT2D eigenvalue weighted by Gasteiger charge is -2.19. The average Bonchev–Trinajstić information content (AvgIpc) is 2.42. The van der Waals surface area contributed by atoms with Crippen LogP contribution in [0, 0.1) is 0 Å². The van der Waals surface area contributed by atoms with Crippen LogP contribution in [0.3, 0.4) is 0 Å². The number of benzene rings is 1. The molecule has 0 aliphatic rings. The van der Waals surface area contributed by atoms with Crippen LogP contribution in [0.4, 0.5) is 11.4 Å². The molecule has 0 aromatic heterocycles. The van der Waals surface area contributed by atoms with Gasteiger partial charge in [-0.05, 0) is 37.2 Å². The summed E-state index contributed by atoms with van der Waals surface area (Å²) < 4.78 is 0. The summed E-state index contributed by atoms with van der Waals surface area (Å²) in [7, 11) is 0. The van der Waals surface area contributed by atoms with Gasteiger partial charge >= 0.3 is 0 Å². The quantitative estimate of drug-likeness (QED) is 0.487. The Morgan fingerprint density at radius 1 is 1.10 bits per heavy atom. The van der Waals surface area contributed by atoms with Gasteiger partial charge in [0.1, 0.15) is 0 Å². The largest absolute Gasteiger partial charge is 0.399 e. The van der Waals surface area contributed by atoms with E-state index in [4.69, 9.17) is 15.9 Å². The first-order valence-electron chi connectivity index (χ1n) is 6.75. The number of hydrogen-bond donors (Lipinski definition) is 4. The Morgan fingerprint density at radius 3 is 2.25 bits per heavy atom. The summed E-state index contributed by atoms with van der Waals surface area (Å²) in [4.78, 5) is 13.7. The molecule has 1 aromatic rings. The molecule has 20 heavy (non-hydrogen) atoms. The number of hydrogen-bond acceptors (Lipinski definition) is 5. The molecule has 0 saturated heterocycles. The molecule has 0 saturated carbocycles. The molecule has 0 bridgehead atoms. The smallest absolute Gasteiger partial charge is 0.224 e. The van der Waals surface area contributed by atoms with Crippen molar-refractivity contribution < 1.29 is 15.0 Å². The van der Waals surface area contributed by atoms with Crippen LogP contribution < -0.4 is 11.1 Å². The van der Waals surface area contributed by atoms with Gasteiger partial charge in [0.05, 0.1) is 13.2 Å². The van der Waals surface area contributed by atoms with E-state index in [0.29, 0.717) is 38.2 Å². The van der Waals surface area contributed by atoms with Crippen LogP contribution in [-0.4, -0.2) is 53.9 Å². The van der Waals surface area contributed by atoms with Gasteiger partial charge in [-0.1, -0.05) is 0 Å². The van der Waals surface area contributed by atoms with Gasteiger partial charge in [0.2, 0.25) is 5.91 Å². The number of nitrogens with one attached hydrogen (secondary N) is 1. The van der Waals surface area contributed by atoms with Crippen molar-refractivity contribution in [2.24, 2.45) is 0 Å². The van der Waals surface area contributed by atoms with Crippen molar-refractivity contribution in [1.29, 1.82) is 0 Å². The number of aliphatic hydroxyl groups is 2. The number of rotatable bonds is 9. The first-order valence-corrected chi connectivity index (χ1v) is 6.75. The highest BCUT2D eigenvalue weighted by atomic mass is 16.3. The summed E-state index contributed by atoms with van der Waals surface area (Å²) in [6, 6.07) is 6.99. The van der Waals surface area contributed by atoms with E-state index in [0.717, 1.165) is 5.69 Å². The Hall–Kier alpha value is -1.63. The zero-order valence-corrected chi connectivity index (χ0v) is 11.6. The van der Waals surface area contributed by atoms with E-state index in [1.165, 1.54) is 0 Å². The predicted molar refractivity (Wildman–Crippen MR) is 79.3 cm³/mol. The van der Waals surface area contributed by atoms with Gasteiger partial charge in [-0.3, -0.25) is 9.69 Å². The minimum absolute atomic E-state index is 0.0530. The molecular weight excluding hydrogens is 258 g/mol. The normalized spacial score (nSPS) is 10.8. The maximum absolute atomic E-state index is 11.7. The van der Waals surface area contributed by atoms with Gasteiger partial charge in [0.15, 0.2) is 0 Å². The molecule has 1 amide bonds. The van der Waals surface area contributed by atoms with E-state index in [-0.39, 0.29) is 19.1 Å². The summed E-state index contributed by atoms with van der Waals surface area (Å²) in [6.45, 7) is 1.81. The molecule has 0 heterocycles. The molecular formula is C14H23N3O3. The lowest BCUT2D eigenvalue weighted by molar-refractivity contribution is -0.116. The number of carbonyl (C=O) groups excluding carboxylic acids is 1. The molecule has 112 valence electrons. The first-order chi connectivity index (χ1) is 9.65. The second-order valence-corrected chi connectivity index (χ2v) is 4.56.